The number of fused-ring (bicyclic) bond motifs is 15. The molecule has 7 heterocycles. The van der Waals surface area contributed by atoms with Gasteiger partial charge in [-0.15, -0.1) is 0 Å². The van der Waals surface area contributed by atoms with Crippen molar-refractivity contribution in [3.63, 3.8) is 0 Å². The van der Waals surface area contributed by atoms with Gasteiger partial charge in [-0.1, -0.05) is 97.1 Å². The van der Waals surface area contributed by atoms with Crippen LogP contribution in [0.1, 0.15) is 27.9 Å². The predicted molar refractivity (Wildman–Crippen MR) is 165 cm³/mol. The molecule has 0 spiro atoms. The van der Waals surface area contributed by atoms with Crippen LogP contribution in [-0.2, 0) is 4.59 Å². The Morgan fingerprint density at radius 1 is 0.488 bits per heavy atom. The first-order valence-electron chi connectivity index (χ1n) is 14.2. The average molecular weight is 569 g/mol. The maximum absolute atomic E-state index is 13.0. The second kappa shape index (κ2) is 7.38. The third-order valence-corrected chi connectivity index (χ3v) is 12.2. The number of nitrogens with zero attached hydrogens (tertiary/aromatic N) is 8. The van der Waals surface area contributed by atoms with Gasteiger partial charge in [-0.25, -0.2) is 30.0 Å². The van der Waals surface area contributed by atoms with Crippen LogP contribution in [0.5, 0.6) is 0 Å². The van der Waals surface area contributed by atoms with E-state index in [1.165, 1.54) is 0 Å². The molecule has 2 aromatic heterocycles. The number of rotatable bonds is 0. The molecule has 0 fully saturated rings. The molecule has 1 unspecified atom stereocenters. The van der Waals surface area contributed by atoms with Crippen LogP contribution in [0.2, 0.25) is 0 Å². The Balaban J connectivity index is 1.42. The van der Waals surface area contributed by atoms with E-state index in [1.54, 1.807) is 0 Å². The van der Waals surface area contributed by atoms with Gasteiger partial charge < -0.3 is 12.2 Å². The third kappa shape index (κ3) is 2.55. The number of amidine groups is 4. The van der Waals surface area contributed by atoms with Gasteiger partial charge >= 0.3 is 14.6 Å². The van der Waals surface area contributed by atoms with Crippen LogP contribution < -0.4 is 11.0 Å². The summed E-state index contributed by atoms with van der Waals surface area (Å²) in [6.07, 6.45) is 0. The molecule has 11 rings (SSSR count). The Morgan fingerprint density at radius 2 is 0.953 bits per heavy atom. The largest absolute Gasteiger partial charge is 0.659 e. The molecule has 198 valence electrons. The number of hydrogen-bond acceptors (Lipinski definition) is 7. The lowest BCUT2D eigenvalue weighted by Crippen LogP contribution is -2.67. The molecule has 9 nitrogen and oxygen atoms in total. The van der Waals surface area contributed by atoms with E-state index in [-0.39, 0.29) is 0 Å². The summed E-state index contributed by atoms with van der Waals surface area (Å²) in [5, 5.41) is 16.7. The first-order valence-corrected chi connectivity index (χ1v) is 15.8. The molecule has 0 amide bonds. The molecular formula is C33H17AlN8O. The van der Waals surface area contributed by atoms with Crippen molar-refractivity contribution in [3.8, 4) is 0 Å². The monoisotopic (exact) mass is 568 g/mol. The molecule has 0 aliphatic carbocycles. The number of aliphatic hydroxyl groups is 1. The lowest BCUT2D eigenvalue weighted by molar-refractivity contribution is 0.101. The van der Waals surface area contributed by atoms with Crippen molar-refractivity contribution in [3.05, 3.63) is 136 Å². The van der Waals surface area contributed by atoms with Crippen LogP contribution in [0.15, 0.2) is 127 Å². The lowest BCUT2D eigenvalue weighted by atomic mass is 10.1. The highest BCUT2D eigenvalue weighted by Crippen LogP contribution is 2.49. The highest BCUT2D eigenvalue weighted by molar-refractivity contribution is 6.64. The van der Waals surface area contributed by atoms with Crippen molar-refractivity contribution < 1.29 is 5.11 Å². The normalized spacial score (nSPS) is 22.2. The summed E-state index contributed by atoms with van der Waals surface area (Å²) in [5.41, 5.74) is 5.77. The molecular weight excluding hydrogens is 551 g/mol. The van der Waals surface area contributed by atoms with Gasteiger partial charge in [0.1, 0.15) is 16.8 Å². The van der Waals surface area contributed by atoms with Crippen LogP contribution in [0.25, 0.3) is 21.5 Å². The molecule has 0 saturated heterocycles. The molecule has 0 saturated carbocycles. The van der Waals surface area contributed by atoms with E-state index >= 15 is 0 Å². The van der Waals surface area contributed by atoms with Gasteiger partial charge in [0.15, 0.2) is 27.9 Å². The van der Waals surface area contributed by atoms with E-state index in [0.29, 0.717) is 34.3 Å². The second-order valence-corrected chi connectivity index (χ2v) is 13.9. The first-order chi connectivity index (χ1) is 21.2. The van der Waals surface area contributed by atoms with E-state index in [2.05, 4.69) is 25.3 Å². The zero-order valence-corrected chi connectivity index (χ0v) is 23.5. The topological polar surface area (TPSA) is 104 Å². The van der Waals surface area contributed by atoms with Gasteiger partial charge in [0.05, 0.1) is 0 Å². The zero-order valence-electron chi connectivity index (χ0n) is 22.3. The molecule has 6 aromatic rings. The highest BCUT2D eigenvalue weighted by Gasteiger charge is 2.65. The molecule has 0 radical (unpaired) electrons. The second-order valence-electron chi connectivity index (χ2n) is 11.3. The smallest absolute Gasteiger partial charge is 0.396 e. The van der Waals surface area contributed by atoms with Crippen molar-refractivity contribution in [2.24, 2.45) is 30.0 Å². The standard InChI is InChI=1S/C33H17N8O.Al/c42-33-25-17-9-1-2-10-18(17)26(34-25)35-27-19-11-3-4-12-20(19)28(36-27)37-29-21-13-5-6-14-22(21)30(38-29)39-31-23-15-7-8-16-24(23)32(40-31)41-33;/h1-16,42H;/q-2;+2. The zero-order chi connectivity index (χ0) is 28.0. The minimum absolute atomic E-state index is 0.497. The van der Waals surface area contributed by atoms with Crippen molar-refractivity contribution >= 4 is 65.3 Å². The fourth-order valence-corrected chi connectivity index (χ4v) is 10.7. The minimum Gasteiger partial charge on any atom is -0.396 e. The van der Waals surface area contributed by atoms with E-state index in [0.717, 1.165) is 55.3 Å². The van der Waals surface area contributed by atoms with Gasteiger partial charge in [-0.05, 0) is 0 Å². The predicted octanol–water partition coefficient (Wildman–Crippen LogP) is 3.49. The summed E-state index contributed by atoms with van der Waals surface area (Å²) >= 11 is -2.76. The maximum atomic E-state index is 13.0. The fourth-order valence-electron chi connectivity index (χ4n) is 7.30. The third-order valence-electron chi connectivity index (χ3n) is 9.11. The van der Waals surface area contributed by atoms with E-state index in [4.69, 9.17) is 30.0 Å². The van der Waals surface area contributed by atoms with Gasteiger partial charge in [0, 0.05) is 49.5 Å². The van der Waals surface area contributed by atoms with Gasteiger partial charge in [0.2, 0.25) is 0 Å². The number of aromatic nitrogens is 2. The van der Waals surface area contributed by atoms with E-state index in [1.807, 2.05) is 78.9 Å². The van der Waals surface area contributed by atoms with Crippen molar-refractivity contribution in [2.75, 3.05) is 0 Å². The molecule has 1 N–H and O–H groups in total. The highest BCUT2D eigenvalue weighted by atomic mass is 27.2. The van der Waals surface area contributed by atoms with Gasteiger partial charge in [-0.2, -0.15) is 0 Å². The Kier molecular flexibility index (Phi) is 3.83. The lowest BCUT2D eigenvalue weighted by Gasteiger charge is -2.41. The summed E-state index contributed by atoms with van der Waals surface area (Å²) in [7, 11) is 0. The van der Waals surface area contributed by atoms with Crippen LogP contribution in [-0.4, -0.2) is 50.1 Å². The minimum atomic E-state index is -2.76. The molecule has 5 aliphatic rings. The molecule has 10 heteroatoms. The molecule has 43 heavy (non-hydrogen) atoms. The van der Waals surface area contributed by atoms with Crippen LogP contribution in [0, 0.1) is 0 Å². The first kappa shape index (κ1) is 22.3. The molecule has 1 atom stereocenters. The fraction of sp³-hybridized carbons (Fsp3) is 0.0303. The summed E-state index contributed by atoms with van der Waals surface area (Å²) in [4.78, 5) is 30.8. The van der Waals surface area contributed by atoms with Crippen molar-refractivity contribution in [1.82, 2.24) is 7.10 Å². The molecule has 4 bridgehead atoms. The maximum Gasteiger partial charge on any atom is 0.659 e. The Morgan fingerprint density at radius 3 is 1.56 bits per heavy atom. The Bertz CT molecular complexity index is 2600. The quantitative estimate of drug-likeness (QED) is 0.279. The summed E-state index contributed by atoms with van der Waals surface area (Å²) in [6.45, 7) is 0. The van der Waals surface area contributed by atoms with E-state index < -0.39 is 19.2 Å². The summed E-state index contributed by atoms with van der Waals surface area (Å²) in [6, 6.07) is 32.3. The van der Waals surface area contributed by atoms with Crippen molar-refractivity contribution in [1.29, 1.82) is 0 Å². The van der Waals surface area contributed by atoms with Crippen LogP contribution >= 0.6 is 0 Å². The van der Waals surface area contributed by atoms with Gasteiger partial charge in [-0.3, -0.25) is 0 Å². The van der Waals surface area contributed by atoms with E-state index in [9.17, 15) is 5.11 Å². The van der Waals surface area contributed by atoms with Gasteiger partial charge in [0.25, 0.3) is 0 Å². The van der Waals surface area contributed by atoms with Crippen LogP contribution in [0.3, 0.4) is 0 Å². The summed E-state index contributed by atoms with van der Waals surface area (Å²) < 4.78 is 2.83. The number of hydrogen-bond donors (Lipinski definition) is 1. The Hall–Kier alpha value is -5.27. The average Bonchev–Trinajstić information content (AvgIpc) is 3.74. The van der Waals surface area contributed by atoms with Crippen molar-refractivity contribution in [2.45, 2.75) is 4.59 Å². The Labute approximate surface area is 247 Å². The SMILES string of the molecule is O[C]12/N=C3\N=C(N=c4c5ccccc5c5[n]4[Al]1[n]1c(c4ccccc4c12)/N=C1\N=C(N=5)c2ccccc21)c1ccccc13. The summed E-state index contributed by atoms with van der Waals surface area (Å²) in [5.74, 6) is 3.06. The number of benzene rings is 4. The molecule has 5 aliphatic heterocycles. The number of aliphatic imine (C=N–C) groups is 4. The van der Waals surface area contributed by atoms with Crippen LogP contribution in [0.4, 0.5) is 5.82 Å². The molecule has 4 aromatic carbocycles.